The molecule has 2 N–H and O–H groups in total. The number of carboxylic acid groups (broad SMARTS) is 1. The summed E-state index contributed by atoms with van der Waals surface area (Å²) in [6.07, 6.45) is -4.99. The van der Waals surface area contributed by atoms with Crippen LogP contribution in [0, 0.1) is 5.82 Å². The van der Waals surface area contributed by atoms with E-state index in [-0.39, 0.29) is 29.9 Å². The highest BCUT2D eigenvalue weighted by molar-refractivity contribution is 6.30. The van der Waals surface area contributed by atoms with Gasteiger partial charge < -0.3 is 10.4 Å². The van der Waals surface area contributed by atoms with Crippen LogP contribution in [0.5, 0.6) is 0 Å². The Bertz CT molecular complexity index is 1140. The summed E-state index contributed by atoms with van der Waals surface area (Å²) in [4.78, 5) is 23.0. The average Bonchev–Trinajstić information content (AvgIpc) is 3.11. The summed E-state index contributed by atoms with van der Waals surface area (Å²) in [7, 11) is 0. The van der Waals surface area contributed by atoms with Crippen LogP contribution in [0.4, 0.5) is 17.6 Å². The van der Waals surface area contributed by atoms with Gasteiger partial charge in [0.1, 0.15) is 5.82 Å². The molecule has 11 heteroatoms. The molecule has 1 amide bonds. The Hall–Kier alpha value is -3.40. The molecule has 0 aliphatic heterocycles. The third kappa shape index (κ3) is 5.40. The number of halogens is 5. The second kappa shape index (κ2) is 8.76. The van der Waals surface area contributed by atoms with Crippen molar-refractivity contribution in [2.45, 2.75) is 19.1 Å². The first kappa shape index (κ1) is 22.3. The normalized spacial score (nSPS) is 11.4. The van der Waals surface area contributed by atoms with Crippen LogP contribution in [0.25, 0.3) is 5.69 Å². The van der Waals surface area contributed by atoms with Gasteiger partial charge in [0.15, 0.2) is 5.69 Å². The minimum absolute atomic E-state index is 0.0512. The zero-order chi connectivity index (χ0) is 22.8. The van der Waals surface area contributed by atoms with E-state index in [1.165, 1.54) is 18.2 Å². The van der Waals surface area contributed by atoms with Gasteiger partial charge in [0, 0.05) is 5.02 Å². The van der Waals surface area contributed by atoms with Crippen LogP contribution >= 0.6 is 11.6 Å². The van der Waals surface area contributed by atoms with Crippen molar-refractivity contribution in [1.29, 1.82) is 0 Å². The number of nitrogens with one attached hydrogen (secondary N) is 1. The van der Waals surface area contributed by atoms with E-state index in [0.29, 0.717) is 5.02 Å². The standard InChI is InChI=1S/C20H14ClF4N3O3/c21-12-2-1-3-13(8-12)28-14(9-17(27-28)20(23,24)25)10-26-18(29)7-11-4-5-15(19(30)31)16(22)6-11/h1-6,8-9H,7,10H2,(H,26,29)(H,30,31). The fraction of sp³-hybridized carbons (Fsp3) is 0.150. The molecule has 0 fully saturated rings. The Morgan fingerprint density at radius 1 is 1.13 bits per heavy atom. The van der Waals surface area contributed by atoms with E-state index in [1.807, 2.05) is 0 Å². The lowest BCUT2D eigenvalue weighted by Crippen LogP contribution is -2.26. The van der Waals surface area contributed by atoms with Crippen molar-refractivity contribution in [3.63, 3.8) is 0 Å². The molecule has 1 aromatic heterocycles. The molecule has 162 valence electrons. The van der Waals surface area contributed by atoms with Gasteiger partial charge >= 0.3 is 12.1 Å². The highest BCUT2D eigenvalue weighted by Crippen LogP contribution is 2.30. The van der Waals surface area contributed by atoms with E-state index in [1.54, 1.807) is 12.1 Å². The van der Waals surface area contributed by atoms with Crippen LogP contribution in [0.15, 0.2) is 48.5 Å². The van der Waals surface area contributed by atoms with Gasteiger partial charge in [-0.3, -0.25) is 4.79 Å². The van der Waals surface area contributed by atoms with Crippen LogP contribution in [0.1, 0.15) is 27.3 Å². The van der Waals surface area contributed by atoms with Gasteiger partial charge in [-0.1, -0.05) is 23.7 Å². The molecular weight excluding hydrogens is 442 g/mol. The predicted molar refractivity (Wildman–Crippen MR) is 102 cm³/mol. The Balaban J connectivity index is 1.77. The van der Waals surface area contributed by atoms with Gasteiger partial charge in [0.2, 0.25) is 5.91 Å². The average molecular weight is 456 g/mol. The van der Waals surface area contributed by atoms with Crippen molar-refractivity contribution < 1.29 is 32.3 Å². The van der Waals surface area contributed by atoms with Crippen molar-refractivity contribution in [3.05, 3.63) is 81.9 Å². The number of alkyl halides is 3. The van der Waals surface area contributed by atoms with Crippen LogP contribution in [-0.2, 0) is 23.9 Å². The van der Waals surface area contributed by atoms with Gasteiger partial charge in [-0.15, -0.1) is 0 Å². The smallest absolute Gasteiger partial charge is 0.435 e. The van der Waals surface area contributed by atoms with Gasteiger partial charge in [-0.25, -0.2) is 13.9 Å². The molecule has 0 radical (unpaired) electrons. The number of amides is 1. The van der Waals surface area contributed by atoms with E-state index in [9.17, 15) is 27.2 Å². The molecule has 6 nitrogen and oxygen atoms in total. The third-order valence-electron chi connectivity index (χ3n) is 4.22. The molecule has 0 aliphatic rings. The summed E-state index contributed by atoms with van der Waals surface area (Å²) in [5.74, 6) is -3.04. The maximum atomic E-state index is 13.7. The molecule has 0 bridgehead atoms. The van der Waals surface area contributed by atoms with Crippen molar-refractivity contribution >= 4 is 23.5 Å². The summed E-state index contributed by atoms with van der Waals surface area (Å²) in [6, 6.07) is 10.1. The Kier molecular flexibility index (Phi) is 6.30. The van der Waals surface area contributed by atoms with E-state index in [0.717, 1.165) is 22.9 Å². The van der Waals surface area contributed by atoms with Crippen LogP contribution in [0.3, 0.4) is 0 Å². The van der Waals surface area contributed by atoms with Crippen molar-refractivity contribution in [2.24, 2.45) is 0 Å². The van der Waals surface area contributed by atoms with E-state index in [2.05, 4.69) is 10.4 Å². The largest absolute Gasteiger partial charge is 0.478 e. The number of carbonyl (C=O) groups excluding carboxylic acids is 1. The van der Waals surface area contributed by atoms with Crippen molar-refractivity contribution in [3.8, 4) is 5.69 Å². The highest BCUT2D eigenvalue weighted by atomic mass is 35.5. The molecule has 3 rings (SSSR count). The first-order chi connectivity index (χ1) is 14.5. The summed E-state index contributed by atoms with van der Waals surface area (Å²) < 4.78 is 54.1. The lowest BCUT2D eigenvalue weighted by Gasteiger charge is -2.09. The summed E-state index contributed by atoms with van der Waals surface area (Å²) in [6.45, 7) is -0.288. The number of benzene rings is 2. The number of hydrogen-bond acceptors (Lipinski definition) is 3. The second-order valence-electron chi connectivity index (χ2n) is 6.48. The Labute approximate surface area is 178 Å². The van der Waals surface area contributed by atoms with Gasteiger partial charge in [0.05, 0.1) is 29.9 Å². The highest BCUT2D eigenvalue weighted by Gasteiger charge is 2.35. The SMILES string of the molecule is O=C(Cc1ccc(C(=O)O)c(F)c1)NCc1cc(C(F)(F)F)nn1-c1cccc(Cl)c1. The fourth-order valence-corrected chi connectivity index (χ4v) is 2.98. The maximum Gasteiger partial charge on any atom is 0.435 e. The lowest BCUT2D eigenvalue weighted by atomic mass is 10.1. The molecule has 0 unspecified atom stereocenters. The molecular formula is C20H14ClF4N3O3. The molecule has 2 aromatic carbocycles. The quantitative estimate of drug-likeness (QED) is 0.544. The number of carbonyl (C=O) groups is 2. The summed E-state index contributed by atoms with van der Waals surface area (Å²) in [5, 5.41) is 15.1. The lowest BCUT2D eigenvalue weighted by molar-refractivity contribution is -0.141. The molecule has 0 saturated carbocycles. The minimum atomic E-state index is -4.69. The molecule has 1 heterocycles. The molecule has 31 heavy (non-hydrogen) atoms. The molecule has 0 spiro atoms. The Morgan fingerprint density at radius 3 is 2.48 bits per heavy atom. The zero-order valence-electron chi connectivity index (χ0n) is 15.6. The predicted octanol–water partition coefficient (Wildman–Crippen LogP) is 4.24. The number of hydrogen-bond donors (Lipinski definition) is 2. The van der Waals surface area contributed by atoms with Gasteiger partial charge in [0.25, 0.3) is 0 Å². The van der Waals surface area contributed by atoms with Gasteiger partial charge in [-0.2, -0.15) is 18.3 Å². The Morgan fingerprint density at radius 2 is 1.87 bits per heavy atom. The first-order valence-corrected chi connectivity index (χ1v) is 9.13. The van der Waals surface area contributed by atoms with Crippen LogP contribution in [-0.4, -0.2) is 26.8 Å². The zero-order valence-corrected chi connectivity index (χ0v) is 16.3. The van der Waals surface area contributed by atoms with Crippen molar-refractivity contribution in [2.75, 3.05) is 0 Å². The molecule has 0 saturated heterocycles. The van der Waals surface area contributed by atoms with Crippen LogP contribution < -0.4 is 5.32 Å². The number of nitrogens with zero attached hydrogens (tertiary/aromatic N) is 2. The summed E-state index contributed by atoms with van der Waals surface area (Å²) >= 11 is 5.90. The van der Waals surface area contributed by atoms with E-state index in [4.69, 9.17) is 16.7 Å². The summed E-state index contributed by atoms with van der Waals surface area (Å²) in [5.41, 5.74) is -1.13. The molecule has 3 aromatic rings. The van der Waals surface area contributed by atoms with Crippen LogP contribution in [0.2, 0.25) is 5.02 Å². The maximum absolute atomic E-state index is 13.7. The number of rotatable bonds is 6. The number of aromatic nitrogens is 2. The minimum Gasteiger partial charge on any atom is -0.478 e. The molecule has 0 atom stereocenters. The molecule has 0 aliphatic carbocycles. The third-order valence-corrected chi connectivity index (χ3v) is 4.46. The first-order valence-electron chi connectivity index (χ1n) is 8.75. The second-order valence-corrected chi connectivity index (χ2v) is 6.92. The van der Waals surface area contributed by atoms with E-state index >= 15 is 0 Å². The monoisotopic (exact) mass is 455 g/mol. The number of carboxylic acids is 1. The topological polar surface area (TPSA) is 84.2 Å². The number of aromatic carboxylic acids is 1. The fourth-order valence-electron chi connectivity index (χ4n) is 2.79. The van der Waals surface area contributed by atoms with E-state index < -0.39 is 35.1 Å². The van der Waals surface area contributed by atoms with Gasteiger partial charge in [-0.05, 0) is 42.0 Å². The van der Waals surface area contributed by atoms with Crippen molar-refractivity contribution in [1.82, 2.24) is 15.1 Å².